The molecule has 0 saturated heterocycles. The van der Waals surface area contributed by atoms with Crippen molar-refractivity contribution in [2.45, 2.75) is 13.3 Å². The summed E-state index contributed by atoms with van der Waals surface area (Å²) < 4.78 is 10.4. The lowest BCUT2D eigenvalue weighted by molar-refractivity contribution is 0.397. The lowest BCUT2D eigenvalue weighted by Crippen LogP contribution is -1.98. The van der Waals surface area contributed by atoms with Crippen LogP contribution in [0.1, 0.15) is 12.5 Å². The van der Waals surface area contributed by atoms with E-state index in [1.807, 2.05) is 18.2 Å². The van der Waals surface area contributed by atoms with E-state index in [1.54, 1.807) is 14.2 Å². The van der Waals surface area contributed by atoms with Crippen molar-refractivity contribution in [3.63, 3.8) is 0 Å². The molecule has 1 atom stereocenters. The number of benzene rings is 1. The Balaban J connectivity index is 2.96. The number of hydrogen-bond acceptors (Lipinski definition) is 2. The zero-order chi connectivity index (χ0) is 10.6. The van der Waals surface area contributed by atoms with Gasteiger partial charge in [-0.15, -0.1) is 0 Å². The minimum atomic E-state index is 0.371. The average molecular weight is 193 g/mol. The summed E-state index contributed by atoms with van der Waals surface area (Å²) in [5.74, 6) is 2.14. The van der Waals surface area contributed by atoms with Gasteiger partial charge in [-0.1, -0.05) is 13.8 Å². The van der Waals surface area contributed by atoms with Crippen LogP contribution in [0.15, 0.2) is 18.2 Å². The molecule has 0 aliphatic rings. The van der Waals surface area contributed by atoms with Crippen LogP contribution < -0.4 is 9.47 Å². The van der Waals surface area contributed by atoms with E-state index in [2.05, 4.69) is 13.8 Å². The van der Waals surface area contributed by atoms with E-state index < -0.39 is 0 Å². The van der Waals surface area contributed by atoms with Crippen molar-refractivity contribution in [3.8, 4) is 11.5 Å². The van der Waals surface area contributed by atoms with Crippen LogP contribution in [0.5, 0.6) is 11.5 Å². The first-order valence-electron chi connectivity index (χ1n) is 4.71. The molecule has 0 fully saturated rings. The van der Waals surface area contributed by atoms with Crippen LogP contribution in [-0.4, -0.2) is 14.2 Å². The fraction of sp³-hybridized carbons (Fsp3) is 0.417. The molecule has 0 spiro atoms. The molecule has 0 heterocycles. The average Bonchev–Trinajstić information content (AvgIpc) is 2.16. The van der Waals surface area contributed by atoms with Gasteiger partial charge in [0.2, 0.25) is 0 Å². The van der Waals surface area contributed by atoms with Gasteiger partial charge in [0.05, 0.1) is 14.2 Å². The maximum Gasteiger partial charge on any atom is 0.122 e. The van der Waals surface area contributed by atoms with Crippen LogP contribution >= 0.6 is 0 Å². The Morgan fingerprint density at radius 2 is 2.00 bits per heavy atom. The molecular weight excluding hydrogens is 176 g/mol. The van der Waals surface area contributed by atoms with Gasteiger partial charge in [0.15, 0.2) is 0 Å². The molecule has 2 heteroatoms. The lowest BCUT2D eigenvalue weighted by atomic mass is 10.0. The molecule has 14 heavy (non-hydrogen) atoms. The minimum Gasteiger partial charge on any atom is -0.497 e. The van der Waals surface area contributed by atoms with E-state index in [-0.39, 0.29) is 0 Å². The zero-order valence-electron chi connectivity index (χ0n) is 9.04. The second-order valence-electron chi connectivity index (χ2n) is 3.49. The van der Waals surface area contributed by atoms with Crippen molar-refractivity contribution in [3.05, 3.63) is 30.7 Å². The fourth-order valence-electron chi connectivity index (χ4n) is 1.42. The van der Waals surface area contributed by atoms with Crippen LogP contribution in [0.2, 0.25) is 0 Å². The van der Waals surface area contributed by atoms with Gasteiger partial charge in [-0.2, -0.15) is 0 Å². The molecule has 0 aliphatic carbocycles. The number of methoxy groups -OCH3 is 2. The molecule has 0 aliphatic heterocycles. The Morgan fingerprint density at radius 3 is 2.50 bits per heavy atom. The van der Waals surface area contributed by atoms with Gasteiger partial charge >= 0.3 is 0 Å². The highest BCUT2D eigenvalue weighted by Crippen LogP contribution is 2.25. The van der Waals surface area contributed by atoms with Crippen LogP contribution in [0, 0.1) is 12.8 Å². The van der Waals surface area contributed by atoms with E-state index >= 15 is 0 Å². The molecule has 77 valence electrons. The second kappa shape index (κ2) is 4.89. The Hall–Kier alpha value is -1.18. The van der Waals surface area contributed by atoms with Crippen molar-refractivity contribution >= 4 is 0 Å². The van der Waals surface area contributed by atoms with E-state index in [1.165, 1.54) is 0 Å². The van der Waals surface area contributed by atoms with Crippen LogP contribution in [-0.2, 0) is 6.42 Å². The molecule has 0 bridgehead atoms. The monoisotopic (exact) mass is 193 g/mol. The highest BCUT2D eigenvalue weighted by atomic mass is 16.5. The van der Waals surface area contributed by atoms with Crippen molar-refractivity contribution in [2.24, 2.45) is 5.92 Å². The van der Waals surface area contributed by atoms with Crippen LogP contribution in [0.25, 0.3) is 0 Å². The van der Waals surface area contributed by atoms with Gasteiger partial charge in [-0.25, -0.2) is 0 Å². The van der Waals surface area contributed by atoms with E-state index in [4.69, 9.17) is 9.47 Å². The first kappa shape index (κ1) is 10.9. The zero-order valence-corrected chi connectivity index (χ0v) is 9.04. The van der Waals surface area contributed by atoms with Gasteiger partial charge in [-0.05, 0) is 36.1 Å². The first-order chi connectivity index (χ1) is 6.67. The third-order valence-electron chi connectivity index (χ3n) is 2.06. The summed E-state index contributed by atoms with van der Waals surface area (Å²) >= 11 is 0. The smallest absolute Gasteiger partial charge is 0.122 e. The Kier molecular flexibility index (Phi) is 3.81. The summed E-state index contributed by atoms with van der Waals surface area (Å²) in [6.07, 6.45) is 0.903. The minimum absolute atomic E-state index is 0.371. The number of rotatable bonds is 4. The maximum absolute atomic E-state index is 5.26. The second-order valence-corrected chi connectivity index (χ2v) is 3.49. The number of hydrogen-bond donors (Lipinski definition) is 0. The predicted molar refractivity (Wildman–Crippen MR) is 57.8 cm³/mol. The molecule has 1 aromatic rings. The van der Waals surface area contributed by atoms with Crippen LogP contribution in [0.3, 0.4) is 0 Å². The molecule has 1 radical (unpaired) electrons. The fourth-order valence-corrected chi connectivity index (χ4v) is 1.42. The Morgan fingerprint density at radius 1 is 1.29 bits per heavy atom. The summed E-state index contributed by atoms with van der Waals surface area (Å²) in [4.78, 5) is 0. The van der Waals surface area contributed by atoms with Crippen molar-refractivity contribution in [2.75, 3.05) is 14.2 Å². The SMILES string of the molecule is [CH2]C(C)Cc1cc(OC)ccc1OC. The highest BCUT2D eigenvalue weighted by Gasteiger charge is 2.06. The molecule has 1 rings (SSSR count). The molecule has 2 nitrogen and oxygen atoms in total. The molecule has 1 aromatic carbocycles. The summed E-state index contributed by atoms with van der Waals surface area (Å²) in [5.41, 5.74) is 1.15. The van der Waals surface area contributed by atoms with E-state index in [0.717, 1.165) is 23.5 Å². The lowest BCUT2D eigenvalue weighted by Gasteiger charge is -2.11. The molecule has 0 N–H and O–H groups in total. The molecule has 1 unspecified atom stereocenters. The van der Waals surface area contributed by atoms with Crippen LogP contribution in [0.4, 0.5) is 0 Å². The maximum atomic E-state index is 5.26. The van der Waals surface area contributed by atoms with Gasteiger partial charge < -0.3 is 9.47 Å². The van der Waals surface area contributed by atoms with Gasteiger partial charge in [0, 0.05) is 0 Å². The third-order valence-corrected chi connectivity index (χ3v) is 2.06. The first-order valence-corrected chi connectivity index (χ1v) is 4.71. The van der Waals surface area contributed by atoms with Crippen molar-refractivity contribution in [1.29, 1.82) is 0 Å². The normalized spacial score (nSPS) is 10.4. The standard InChI is InChI=1S/C12H17O2/c1-9(2)7-10-8-11(13-3)5-6-12(10)14-4/h5-6,8-9H,1,7H2,2-4H3. The van der Waals surface area contributed by atoms with Crippen molar-refractivity contribution in [1.82, 2.24) is 0 Å². The van der Waals surface area contributed by atoms with E-state index in [9.17, 15) is 0 Å². The third kappa shape index (κ3) is 2.66. The van der Waals surface area contributed by atoms with Gasteiger partial charge in [0.25, 0.3) is 0 Å². The predicted octanol–water partition coefficient (Wildman–Crippen LogP) is 2.72. The Bertz CT molecular complexity index is 292. The summed E-state index contributed by atoms with van der Waals surface area (Å²) in [6, 6.07) is 5.83. The van der Waals surface area contributed by atoms with Crippen molar-refractivity contribution < 1.29 is 9.47 Å². The molecule has 0 aromatic heterocycles. The quantitative estimate of drug-likeness (QED) is 0.732. The number of ether oxygens (including phenoxy) is 2. The summed E-state index contributed by atoms with van der Waals surface area (Å²) in [5, 5.41) is 0. The molecule has 0 amide bonds. The van der Waals surface area contributed by atoms with Gasteiger partial charge in [0.1, 0.15) is 11.5 Å². The molecule has 0 saturated carbocycles. The van der Waals surface area contributed by atoms with Gasteiger partial charge in [-0.3, -0.25) is 0 Å². The topological polar surface area (TPSA) is 18.5 Å². The Labute approximate surface area is 85.8 Å². The summed E-state index contributed by atoms with van der Waals surface area (Å²) in [7, 11) is 3.35. The molecular formula is C12H17O2. The largest absolute Gasteiger partial charge is 0.497 e. The highest BCUT2D eigenvalue weighted by molar-refractivity contribution is 5.40. The van der Waals surface area contributed by atoms with E-state index in [0.29, 0.717) is 5.92 Å². The summed E-state index contributed by atoms with van der Waals surface area (Å²) in [6.45, 7) is 6.05.